The van der Waals surface area contributed by atoms with Crippen molar-refractivity contribution in [3.8, 4) is 0 Å². The molecule has 1 heterocycles. The Labute approximate surface area is 165 Å². The van der Waals surface area contributed by atoms with Gasteiger partial charge in [-0.2, -0.15) is 0 Å². The number of esters is 1. The van der Waals surface area contributed by atoms with Crippen LogP contribution in [0, 0.1) is 5.92 Å². The molecule has 2 aromatic rings. The second-order valence-electron chi connectivity index (χ2n) is 7.51. The number of benzene rings is 2. The van der Waals surface area contributed by atoms with E-state index < -0.39 is 0 Å². The van der Waals surface area contributed by atoms with Gasteiger partial charge in [-0.05, 0) is 54.5 Å². The molecule has 0 aromatic heterocycles. The molecular formula is C23H25NO4. The maximum Gasteiger partial charge on any atom is 0.339 e. The quantitative estimate of drug-likeness (QED) is 0.561. The fraction of sp³-hybridized carbons (Fsp3) is 0.391. The van der Waals surface area contributed by atoms with Crippen molar-refractivity contribution in [2.24, 2.45) is 5.92 Å². The summed E-state index contributed by atoms with van der Waals surface area (Å²) in [6, 6.07) is 14.9. The average Bonchev–Trinajstić information content (AvgIpc) is 3.55. The van der Waals surface area contributed by atoms with Gasteiger partial charge >= 0.3 is 5.97 Å². The second-order valence-corrected chi connectivity index (χ2v) is 7.51. The second kappa shape index (κ2) is 8.57. The normalized spacial score (nSPS) is 18.3. The Morgan fingerprint density at radius 1 is 1.14 bits per heavy atom. The lowest BCUT2D eigenvalue weighted by atomic mass is 9.93. The SMILES string of the molecule is O=C(NCCCOCC1CC1)c1ccc2c(c1)C[C@@H](c1ccccc1)OC2=O. The molecule has 4 rings (SSSR count). The van der Waals surface area contributed by atoms with Gasteiger partial charge in [-0.25, -0.2) is 4.79 Å². The highest BCUT2D eigenvalue weighted by Crippen LogP contribution is 2.31. The van der Waals surface area contributed by atoms with E-state index in [0.717, 1.165) is 30.1 Å². The summed E-state index contributed by atoms with van der Waals surface area (Å²) in [5, 5.41) is 2.93. The van der Waals surface area contributed by atoms with Gasteiger partial charge in [0.2, 0.25) is 0 Å². The van der Waals surface area contributed by atoms with Crippen molar-refractivity contribution in [1.29, 1.82) is 0 Å². The van der Waals surface area contributed by atoms with E-state index in [1.165, 1.54) is 12.8 Å². The van der Waals surface area contributed by atoms with Crippen molar-refractivity contribution in [3.05, 3.63) is 70.8 Å². The average molecular weight is 379 g/mol. The zero-order valence-electron chi connectivity index (χ0n) is 15.9. The van der Waals surface area contributed by atoms with Crippen LogP contribution in [0.4, 0.5) is 0 Å². The third-order valence-electron chi connectivity index (χ3n) is 5.21. The first kappa shape index (κ1) is 18.7. The van der Waals surface area contributed by atoms with Crippen molar-refractivity contribution < 1.29 is 19.1 Å². The Hall–Kier alpha value is -2.66. The van der Waals surface area contributed by atoms with Crippen LogP contribution >= 0.6 is 0 Å². The minimum absolute atomic E-state index is 0.125. The summed E-state index contributed by atoms with van der Waals surface area (Å²) < 4.78 is 11.2. The first-order chi connectivity index (χ1) is 13.7. The van der Waals surface area contributed by atoms with Crippen molar-refractivity contribution in [2.45, 2.75) is 31.8 Å². The van der Waals surface area contributed by atoms with Crippen LogP contribution in [0.15, 0.2) is 48.5 Å². The summed E-state index contributed by atoms with van der Waals surface area (Å²) in [5.41, 5.74) is 2.92. The number of hydrogen-bond donors (Lipinski definition) is 1. The van der Waals surface area contributed by atoms with Gasteiger partial charge < -0.3 is 14.8 Å². The molecular weight excluding hydrogens is 354 g/mol. The lowest BCUT2D eigenvalue weighted by molar-refractivity contribution is 0.0252. The molecule has 0 radical (unpaired) electrons. The van der Waals surface area contributed by atoms with Crippen molar-refractivity contribution >= 4 is 11.9 Å². The number of cyclic esters (lactones) is 1. The molecule has 0 saturated heterocycles. The van der Waals surface area contributed by atoms with Gasteiger partial charge in [0.25, 0.3) is 5.91 Å². The van der Waals surface area contributed by atoms with Crippen LogP contribution in [0.1, 0.15) is 57.2 Å². The highest BCUT2D eigenvalue weighted by atomic mass is 16.5. The number of rotatable bonds is 8. The first-order valence-electron chi connectivity index (χ1n) is 9.95. The van der Waals surface area contributed by atoms with E-state index in [4.69, 9.17) is 9.47 Å². The van der Waals surface area contributed by atoms with Gasteiger partial charge in [-0.3, -0.25) is 4.79 Å². The van der Waals surface area contributed by atoms with Crippen LogP contribution in [0.25, 0.3) is 0 Å². The van der Waals surface area contributed by atoms with Crippen molar-refractivity contribution in [2.75, 3.05) is 19.8 Å². The topological polar surface area (TPSA) is 64.6 Å². The molecule has 1 amide bonds. The van der Waals surface area contributed by atoms with Gasteiger partial charge in [0.1, 0.15) is 6.10 Å². The molecule has 1 aliphatic carbocycles. The van der Waals surface area contributed by atoms with E-state index >= 15 is 0 Å². The lowest BCUT2D eigenvalue weighted by Crippen LogP contribution is -2.27. The number of carbonyl (C=O) groups excluding carboxylic acids is 2. The highest BCUT2D eigenvalue weighted by molar-refractivity contribution is 5.97. The van der Waals surface area contributed by atoms with Gasteiger partial charge in [-0.1, -0.05) is 30.3 Å². The summed E-state index contributed by atoms with van der Waals surface area (Å²) in [7, 11) is 0. The molecule has 1 atom stereocenters. The van der Waals surface area contributed by atoms with E-state index in [1.807, 2.05) is 36.4 Å². The molecule has 1 aliphatic heterocycles. The number of fused-ring (bicyclic) bond motifs is 1. The summed E-state index contributed by atoms with van der Waals surface area (Å²) >= 11 is 0. The molecule has 28 heavy (non-hydrogen) atoms. The summed E-state index contributed by atoms with van der Waals surface area (Å²) in [5.74, 6) is 0.298. The van der Waals surface area contributed by atoms with E-state index in [1.54, 1.807) is 12.1 Å². The Balaban J connectivity index is 1.34. The van der Waals surface area contributed by atoms with Crippen LogP contribution in [0.5, 0.6) is 0 Å². The van der Waals surface area contributed by atoms with Crippen LogP contribution in [-0.2, 0) is 15.9 Å². The molecule has 1 saturated carbocycles. The molecule has 0 bridgehead atoms. The number of hydrogen-bond acceptors (Lipinski definition) is 4. The Morgan fingerprint density at radius 3 is 2.75 bits per heavy atom. The fourth-order valence-corrected chi connectivity index (χ4v) is 3.40. The Morgan fingerprint density at radius 2 is 1.96 bits per heavy atom. The monoisotopic (exact) mass is 379 g/mol. The molecule has 5 nitrogen and oxygen atoms in total. The number of nitrogens with one attached hydrogen (secondary N) is 1. The van der Waals surface area contributed by atoms with E-state index in [0.29, 0.717) is 30.7 Å². The van der Waals surface area contributed by atoms with Crippen LogP contribution in [0.3, 0.4) is 0 Å². The lowest BCUT2D eigenvalue weighted by Gasteiger charge is -2.25. The highest BCUT2D eigenvalue weighted by Gasteiger charge is 2.28. The number of carbonyl (C=O) groups is 2. The predicted octanol–water partition coefficient (Wildman–Crippen LogP) is 3.69. The van der Waals surface area contributed by atoms with E-state index in [2.05, 4.69) is 5.32 Å². The zero-order chi connectivity index (χ0) is 19.3. The summed E-state index contributed by atoms with van der Waals surface area (Å²) in [4.78, 5) is 24.8. The van der Waals surface area contributed by atoms with Gasteiger partial charge in [-0.15, -0.1) is 0 Å². The smallest absolute Gasteiger partial charge is 0.339 e. The van der Waals surface area contributed by atoms with Gasteiger partial charge in [0.05, 0.1) is 5.56 Å². The maximum absolute atomic E-state index is 12.4. The zero-order valence-corrected chi connectivity index (χ0v) is 15.9. The number of amides is 1. The third-order valence-corrected chi connectivity index (χ3v) is 5.21. The first-order valence-corrected chi connectivity index (χ1v) is 9.95. The van der Waals surface area contributed by atoms with Crippen LogP contribution in [-0.4, -0.2) is 31.6 Å². The van der Waals surface area contributed by atoms with Crippen LogP contribution < -0.4 is 5.32 Å². The molecule has 0 unspecified atom stereocenters. The summed E-state index contributed by atoms with van der Waals surface area (Å²) in [6.07, 6.45) is 3.62. The molecule has 146 valence electrons. The van der Waals surface area contributed by atoms with Crippen molar-refractivity contribution in [3.63, 3.8) is 0 Å². The number of ether oxygens (including phenoxy) is 2. The molecule has 5 heteroatoms. The molecule has 1 N–H and O–H groups in total. The Bertz CT molecular complexity index is 845. The van der Waals surface area contributed by atoms with Gasteiger partial charge in [0.15, 0.2) is 0 Å². The summed E-state index contributed by atoms with van der Waals surface area (Å²) in [6.45, 7) is 2.10. The molecule has 1 fully saturated rings. The minimum Gasteiger partial charge on any atom is -0.454 e. The third kappa shape index (κ3) is 4.60. The maximum atomic E-state index is 12.4. The minimum atomic E-state index is -0.338. The fourth-order valence-electron chi connectivity index (χ4n) is 3.40. The van der Waals surface area contributed by atoms with Gasteiger partial charge in [0, 0.05) is 31.7 Å². The van der Waals surface area contributed by atoms with Crippen molar-refractivity contribution in [1.82, 2.24) is 5.32 Å². The largest absolute Gasteiger partial charge is 0.454 e. The Kier molecular flexibility index (Phi) is 5.72. The van der Waals surface area contributed by atoms with E-state index in [9.17, 15) is 9.59 Å². The van der Waals surface area contributed by atoms with Crippen LogP contribution in [0.2, 0.25) is 0 Å². The molecule has 0 spiro atoms. The predicted molar refractivity (Wildman–Crippen MR) is 105 cm³/mol. The molecule has 2 aromatic carbocycles. The standard InChI is InChI=1S/C23H25NO4/c25-22(24-11-4-12-27-15-16-7-8-16)18-9-10-20-19(13-18)14-21(28-23(20)26)17-5-2-1-3-6-17/h1-3,5-6,9-10,13,16,21H,4,7-8,11-12,14-15H2,(H,24,25)/t21-/m0/s1. The molecule has 2 aliphatic rings. The van der Waals surface area contributed by atoms with E-state index in [-0.39, 0.29) is 18.0 Å².